The standard InChI is InChI=1S/C20H20ClNO6/c1-26-17-6-4-3-5-14(17)20(25)22-10-9-19(24)28-12-16(23)13-7-8-18(27-2)15(21)11-13/h3-8,11H,9-10,12H2,1-2H3,(H,22,25). The van der Waals surface area contributed by atoms with Crippen LogP contribution >= 0.6 is 11.6 Å². The van der Waals surface area contributed by atoms with Gasteiger partial charge >= 0.3 is 5.97 Å². The molecule has 2 aromatic rings. The van der Waals surface area contributed by atoms with Crippen LogP contribution < -0.4 is 14.8 Å². The summed E-state index contributed by atoms with van der Waals surface area (Å²) in [6, 6.07) is 11.3. The number of rotatable bonds is 9. The lowest BCUT2D eigenvalue weighted by Gasteiger charge is -2.09. The van der Waals surface area contributed by atoms with Gasteiger partial charge in [0, 0.05) is 12.1 Å². The maximum absolute atomic E-state index is 12.1. The molecule has 0 atom stereocenters. The molecule has 0 spiro atoms. The van der Waals surface area contributed by atoms with E-state index >= 15 is 0 Å². The van der Waals surface area contributed by atoms with Crippen molar-refractivity contribution < 1.29 is 28.6 Å². The third kappa shape index (κ3) is 5.72. The number of carbonyl (C=O) groups excluding carboxylic acids is 3. The van der Waals surface area contributed by atoms with Crippen molar-refractivity contribution in [1.29, 1.82) is 0 Å². The molecule has 148 valence electrons. The van der Waals surface area contributed by atoms with E-state index in [1.54, 1.807) is 30.3 Å². The van der Waals surface area contributed by atoms with Gasteiger partial charge in [-0.05, 0) is 30.3 Å². The number of para-hydroxylation sites is 1. The average Bonchev–Trinajstić information content (AvgIpc) is 2.71. The van der Waals surface area contributed by atoms with Crippen molar-refractivity contribution in [2.24, 2.45) is 0 Å². The molecule has 7 nitrogen and oxygen atoms in total. The van der Waals surface area contributed by atoms with Crippen LogP contribution in [-0.2, 0) is 9.53 Å². The van der Waals surface area contributed by atoms with Gasteiger partial charge in [-0.15, -0.1) is 0 Å². The SMILES string of the molecule is COc1ccc(C(=O)COC(=O)CCNC(=O)c2ccccc2OC)cc1Cl. The largest absolute Gasteiger partial charge is 0.496 e. The summed E-state index contributed by atoms with van der Waals surface area (Å²) in [7, 11) is 2.94. The molecule has 1 amide bonds. The lowest BCUT2D eigenvalue weighted by Crippen LogP contribution is -2.27. The summed E-state index contributed by atoms with van der Waals surface area (Å²) in [5.74, 6) is -0.481. The zero-order valence-corrected chi connectivity index (χ0v) is 16.2. The predicted molar refractivity (Wildman–Crippen MR) is 103 cm³/mol. The molecular formula is C20H20ClNO6. The van der Waals surface area contributed by atoms with Crippen LogP contribution in [0.5, 0.6) is 11.5 Å². The van der Waals surface area contributed by atoms with Crippen molar-refractivity contribution in [3.05, 3.63) is 58.6 Å². The number of nitrogens with one attached hydrogen (secondary N) is 1. The maximum atomic E-state index is 12.1. The normalized spacial score (nSPS) is 10.1. The molecule has 28 heavy (non-hydrogen) atoms. The second-order valence-electron chi connectivity index (χ2n) is 5.64. The van der Waals surface area contributed by atoms with Gasteiger partial charge in [0.1, 0.15) is 11.5 Å². The molecule has 0 aliphatic rings. The highest BCUT2D eigenvalue weighted by Crippen LogP contribution is 2.25. The Balaban J connectivity index is 1.77. The lowest BCUT2D eigenvalue weighted by molar-refractivity contribution is -0.142. The maximum Gasteiger partial charge on any atom is 0.308 e. The van der Waals surface area contributed by atoms with Gasteiger partial charge in [0.25, 0.3) is 5.91 Å². The van der Waals surface area contributed by atoms with Gasteiger partial charge in [-0.1, -0.05) is 23.7 Å². The Labute approximate surface area is 167 Å². The Morgan fingerprint density at radius 3 is 2.39 bits per heavy atom. The van der Waals surface area contributed by atoms with E-state index in [1.165, 1.54) is 26.4 Å². The van der Waals surface area contributed by atoms with Crippen LogP contribution in [0.25, 0.3) is 0 Å². The van der Waals surface area contributed by atoms with Gasteiger partial charge in [0.2, 0.25) is 0 Å². The number of ether oxygens (including phenoxy) is 3. The summed E-state index contributed by atoms with van der Waals surface area (Å²) in [6.07, 6.45) is -0.0719. The number of Topliss-reactive ketones (excluding diaryl/α,β-unsaturated/α-hetero) is 1. The first-order valence-electron chi connectivity index (χ1n) is 8.39. The number of hydrogen-bond acceptors (Lipinski definition) is 6. The molecule has 0 saturated heterocycles. The topological polar surface area (TPSA) is 90.9 Å². The van der Waals surface area contributed by atoms with Crippen LogP contribution in [-0.4, -0.2) is 45.0 Å². The first-order valence-corrected chi connectivity index (χ1v) is 8.77. The third-order valence-corrected chi connectivity index (χ3v) is 4.10. The molecule has 0 saturated carbocycles. The number of esters is 1. The van der Waals surface area contributed by atoms with E-state index in [9.17, 15) is 14.4 Å². The Hall–Kier alpha value is -3.06. The molecule has 0 fully saturated rings. The zero-order valence-electron chi connectivity index (χ0n) is 15.5. The second kappa shape index (κ2) is 10.3. The summed E-state index contributed by atoms with van der Waals surface area (Å²) in [4.78, 5) is 36.0. The van der Waals surface area contributed by atoms with Crippen LogP contribution in [0, 0.1) is 0 Å². The van der Waals surface area contributed by atoms with Gasteiger partial charge < -0.3 is 19.5 Å². The van der Waals surface area contributed by atoms with Crippen molar-refractivity contribution in [2.75, 3.05) is 27.4 Å². The number of methoxy groups -OCH3 is 2. The first kappa shape index (κ1) is 21.2. The molecule has 2 aromatic carbocycles. The van der Waals surface area contributed by atoms with Crippen molar-refractivity contribution in [2.45, 2.75) is 6.42 Å². The summed E-state index contributed by atoms with van der Waals surface area (Å²) in [5.41, 5.74) is 0.674. The fourth-order valence-corrected chi connectivity index (χ4v) is 2.60. The van der Waals surface area contributed by atoms with Crippen LogP contribution in [0.1, 0.15) is 27.1 Å². The highest BCUT2D eigenvalue weighted by atomic mass is 35.5. The van der Waals surface area contributed by atoms with Gasteiger partial charge in [-0.2, -0.15) is 0 Å². The summed E-state index contributed by atoms with van der Waals surface area (Å²) < 4.78 is 15.1. The molecule has 0 unspecified atom stereocenters. The van der Waals surface area contributed by atoms with E-state index in [-0.39, 0.29) is 18.9 Å². The van der Waals surface area contributed by atoms with E-state index in [4.69, 9.17) is 25.8 Å². The van der Waals surface area contributed by atoms with Gasteiger partial charge in [-0.25, -0.2) is 0 Å². The van der Waals surface area contributed by atoms with Crippen molar-refractivity contribution in [3.63, 3.8) is 0 Å². The lowest BCUT2D eigenvalue weighted by atomic mass is 10.1. The number of carbonyl (C=O) groups is 3. The number of halogens is 1. The molecular weight excluding hydrogens is 386 g/mol. The van der Waals surface area contributed by atoms with Gasteiger partial charge in [0.05, 0.1) is 31.2 Å². The van der Waals surface area contributed by atoms with Crippen LogP contribution in [0.4, 0.5) is 0 Å². The van der Waals surface area contributed by atoms with Crippen molar-refractivity contribution >= 4 is 29.3 Å². The van der Waals surface area contributed by atoms with Crippen LogP contribution in [0.15, 0.2) is 42.5 Å². The second-order valence-corrected chi connectivity index (χ2v) is 6.05. The Morgan fingerprint density at radius 2 is 1.71 bits per heavy atom. The number of benzene rings is 2. The highest BCUT2D eigenvalue weighted by molar-refractivity contribution is 6.32. The smallest absolute Gasteiger partial charge is 0.308 e. The highest BCUT2D eigenvalue weighted by Gasteiger charge is 2.14. The fraction of sp³-hybridized carbons (Fsp3) is 0.250. The number of amides is 1. The Bertz CT molecular complexity index is 868. The van der Waals surface area contributed by atoms with Crippen molar-refractivity contribution in [1.82, 2.24) is 5.32 Å². The number of ketones is 1. The molecule has 2 rings (SSSR count). The van der Waals surface area contributed by atoms with E-state index in [0.717, 1.165) is 0 Å². The number of hydrogen-bond donors (Lipinski definition) is 1. The van der Waals surface area contributed by atoms with Gasteiger partial charge in [0.15, 0.2) is 12.4 Å². The fourth-order valence-electron chi connectivity index (χ4n) is 2.35. The molecule has 0 aliphatic carbocycles. The third-order valence-electron chi connectivity index (χ3n) is 3.80. The van der Waals surface area contributed by atoms with Gasteiger partial charge in [-0.3, -0.25) is 14.4 Å². The predicted octanol–water partition coefficient (Wildman–Crippen LogP) is 2.90. The van der Waals surface area contributed by atoms with E-state index in [2.05, 4.69) is 5.32 Å². The molecule has 0 radical (unpaired) electrons. The van der Waals surface area contributed by atoms with Crippen LogP contribution in [0.2, 0.25) is 5.02 Å². The molecule has 8 heteroatoms. The minimum atomic E-state index is -0.603. The molecule has 0 bridgehead atoms. The summed E-state index contributed by atoms with van der Waals surface area (Å²) >= 11 is 5.97. The Kier molecular flexibility index (Phi) is 7.83. The molecule has 0 aliphatic heterocycles. The summed E-state index contributed by atoms with van der Waals surface area (Å²) in [5, 5.41) is 2.90. The Morgan fingerprint density at radius 1 is 1.00 bits per heavy atom. The summed E-state index contributed by atoms with van der Waals surface area (Å²) in [6.45, 7) is -0.347. The van der Waals surface area contributed by atoms with E-state index < -0.39 is 18.4 Å². The minimum Gasteiger partial charge on any atom is -0.496 e. The quantitative estimate of drug-likeness (QED) is 0.509. The van der Waals surface area contributed by atoms with E-state index in [0.29, 0.717) is 27.6 Å². The van der Waals surface area contributed by atoms with E-state index in [1.807, 2.05) is 0 Å². The van der Waals surface area contributed by atoms with Crippen molar-refractivity contribution in [3.8, 4) is 11.5 Å². The monoisotopic (exact) mass is 405 g/mol. The minimum absolute atomic E-state index is 0.0677. The molecule has 1 N–H and O–H groups in total. The average molecular weight is 406 g/mol. The first-order chi connectivity index (χ1) is 13.5. The zero-order chi connectivity index (χ0) is 20.5. The molecule has 0 aromatic heterocycles. The molecule has 0 heterocycles. The van der Waals surface area contributed by atoms with Crippen LogP contribution in [0.3, 0.4) is 0 Å².